The molecule has 0 spiro atoms. The van der Waals surface area contributed by atoms with Gasteiger partial charge in [-0.1, -0.05) is 0 Å². The SMILES string of the molecule is O=C([O-])[C@H](O[C@H]1O[C@H](CO)[C@H](O)[C@H](O)[C@H]1O)[C@@H](O[C@H]1O[C@H](CO)[C@H](O)[C@H](O)[C@H]1O)[C@H](O)[C@H](O)CO.[K+]. The molecule has 2 rings (SSSR count). The molecule has 0 aromatic rings. The summed E-state index contributed by atoms with van der Waals surface area (Å²) in [6, 6.07) is 0. The Labute approximate surface area is 246 Å². The molecule has 2 fully saturated rings. The van der Waals surface area contributed by atoms with Crippen LogP contribution in [0.3, 0.4) is 0 Å². The summed E-state index contributed by atoms with van der Waals surface area (Å²) in [5.74, 6) is -2.17. The third-order valence-corrected chi connectivity index (χ3v) is 5.72. The maximum Gasteiger partial charge on any atom is 1.00 e. The summed E-state index contributed by atoms with van der Waals surface area (Å²) in [7, 11) is 0. The Morgan fingerprint density at radius 2 is 1.17 bits per heavy atom. The average molecular weight is 559 g/mol. The van der Waals surface area contributed by atoms with Crippen molar-refractivity contribution in [2.45, 2.75) is 85.8 Å². The molecule has 0 radical (unpaired) electrons. The van der Waals surface area contributed by atoms with E-state index in [1.54, 1.807) is 0 Å². The van der Waals surface area contributed by atoms with Crippen molar-refractivity contribution in [3.8, 4) is 0 Å². The van der Waals surface area contributed by atoms with E-state index in [4.69, 9.17) is 18.9 Å². The van der Waals surface area contributed by atoms with E-state index in [1.165, 1.54) is 0 Å². The maximum atomic E-state index is 11.9. The van der Waals surface area contributed by atoms with Crippen LogP contribution >= 0.6 is 0 Å². The minimum atomic E-state index is -2.51. The van der Waals surface area contributed by atoms with E-state index < -0.39 is 112 Å². The minimum absolute atomic E-state index is 0. The van der Waals surface area contributed by atoms with Crippen molar-refractivity contribution in [1.29, 1.82) is 0 Å². The quantitative estimate of drug-likeness (QED) is 0.105. The standard InChI is InChI=1S/C18H32O17.K/c19-1-4(22)7(23)14(34-17-12(28)10(26)8(24)5(2-20)32-17)15(16(30)31)35-18-13(29)11(27)9(25)6(3-21)33-18;/h4-15,17-29H,1-3H2,(H,30,31);/q;+1/p-1/t4-,5-,6-,7-,8+,9+,10+,11+,12-,13-,14+,15-,17-,18-;/m1./s1. The summed E-state index contributed by atoms with van der Waals surface area (Å²) in [6.07, 6.45) is -28.1. The van der Waals surface area contributed by atoms with Gasteiger partial charge in [-0.2, -0.15) is 0 Å². The van der Waals surface area contributed by atoms with Gasteiger partial charge in [0.25, 0.3) is 0 Å². The molecule has 0 bridgehead atoms. The molecule has 2 aliphatic rings. The van der Waals surface area contributed by atoms with Gasteiger partial charge in [-0.05, 0) is 0 Å². The zero-order valence-electron chi connectivity index (χ0n) is 19.1. The predicted molar refractivity (Wildman–Crippen MR) is 101 cm³/mol. The van der Waals surface area contributed by atoms with Crippen LogP contribution < -0.4 is 56.5 Å². The first-order chi connectivity index (χ1) is 16.4. The first kappa shape index (κ1) is 34.5. The van der Waals surface area contributed by atoms with E-state index >= 15 is 0 Å². The van der Waals surface area contributed by atoms with Gasteiger partial charge in [-0.15, -0.1) is 0 Å². The molecule has 0 aliphatic carbocycles. The van der Waals surface area contributed by atoms with Gasteiger partial charge in [-0.25, -0.2) is 0 Å². The first-order valence-electron chi connectivity index (χ1n) is 10.5. The summed E-state index contributed by atoms with van der Waals surface area (Å²) >= 11 is 0. The fourth-order valence-electron chi connectivity index (χ4n) is 3.58. The summed E-state index contributed by atoms with van der Waals surface area (Å²) < 4.78 is 20.4. The second-order valence-electron chi connectivity index (χ2n) is 8.11. The van der Waals surface area contributed by atoms with Gasteiger partial charge in [0, 0.05) is 0 Å². The van der Waals surface area contributed by atoms with E-state index in [9.17, 15) is 66.1 Å². The van der Waals surface area contributed by atoms with Crippen molar-refractivity contribution in [3.63, 3.8) is 0 Å². The molecule has 0 amide bonds. The summed E-state index contributed by atoms with van der Waals surface area (Å²) in [4.78, 5) is 11.9. The second kappa shape index (κ2) is 15.3. The van der Waals surface area contributed by atoms with Crippen LogP contribution in [-0.2, 0) is 23.7 Å². The maximum absolute atomic E-state index is 11.9. The molecule has 206 valence electrons. The van der Waals surface area contributed by atoms with Crippen molar-refractivity contribution < 1.29 is 136 Å². The number of aliphatic carboxylic acids is 1. The van der Waals surface area contributed by atoms with Crippen LogP contribution in [0.5, 0.6) is 0 Å². The molecule has 2 heterocycles. The van der Waals surface area contributed by atoms with Crippen LogP contribution in [0.1, 0.15) is 0 Å². The van der Waals surface area contributed by atoms with E-state index in [2.05, 4.69) is 0 Å². The van der Waals surface area contributed by atoms with Crippen molar-refractivity contribution in [2.75, 3.05) is 19.8 Å². The fraction of sp³-hybridized carbons (Fsp3) is 0.944. The van der Waals surface area contributed by atoms with Crippen LogP contribution in [0, 0.1) is 0 Å². The number of hydrogen-bond donors (Lipinski definition) is 11. The molecule has 2 aliphatic heterocycles. The number of carboxylic acids is 1. The van der Waals surface area contributed by atoms with Crippen molar-refractivity contribution in [1.82, 2.24) is 0 Å². The average Bonchev–Trinajstić information content (AvgIpc) is 2.84. The summed E-state index contributed by atoms with van der Waals surface area (Å²) in [5.41, 5.74) is 0. The molecule has 2 saturated heterocycles. The largest absolute Gasteiger partial charge is 1.00 e. The first-order valence-corrected chi connectivity index (χ1v) is 10.5. The van der Waals surface area contributed by atoms with E-state index in [0.717, 1.165) is 0 Å². The van der Waals surface area contributed by atoms with Crippen LogP contribution in [0.15, 0.2) is 0 Å². The molecule has 11 N–H and O–H groups in total. The van der Waals surface area contributed by atoms with Crippen molar-refractivity contribution in [2.24, 2.45) is 0 Å². The van der Waals surface area contributed by atoms with E-state index in [1.807, 2.05) is 0 Å². The Morgan fingerprint density at radius 1 is 0.750 bits per heavy atom. The molecule has 17 nitrogen and oxygen atoms in total. The number of aliphatic hydroxyl groups excluding tert-OH is 11. The monoisotopic (exact) mass is 558 g/mol. The molecule has 0 unspecified atom stereocenters. The number of rotatable bonds is 11. The third kappa shape index (κ3) is 7.79. The van der Waals surface area contributed by atoms with Crippen molar-refractivity contribution >= 4 is 5.97 Å². The smallest absolute Gasteiger partial charge is 0.547 e. The van der Waals surface area contributed by atoms with Crippen LogP contribution in [0.2, 0.25) is 0 Å². The second-order valence-corrected chi connectivity index (χ2v) is 8.11. The molecule has 36 heavy (non-hydrogen) atoms. The number of carbonyl (C=O) groups is 1. The minimum Gasteiger partial charge on any atom is -0.547 e. The Hall–Kier alpha value is 0.506. The van der Waals surface area contributed by atoms with E-state index in [0.29, 0.717) is 0 Å². The predicted octanol–water partition coefficient (Wildman–Crippen LogP) is -12.2. The van der Waals surface area contributed by atoms with Crippen LogP contribution in [0.25, 0.3) is 0 Å². The molecular formula is C18H31KO17. The van der Waals surface area contributed by atoms with Gasteiger partial charge in [0.1, 0.15) is 73.2 Å². The van der Waals surface area contributed by atoms with Crippen LogP contribution in [0.4, 0.5) is 0 Å². The summed E-state index contributed by atoms with van der Waals surface area (Å²) in [6.45, 7) is -2.91. The fourth-order valence-corrected chi connectivity index (χ4v) is 3.58. The van der Waals surface area contributed by atoms with Crippen molar-refractivity contribution in [3.05, 3.63) is 0 Å². The molecular weight excluding hydrogens is 527 g/mol. The van der Waals surface area contributed by atoms with Gasteiger partial charge in [0.15, 0.2) is 12.6 Å². The number of aliphatic hydroxyl groups is 11. The Kier molecular flexibility index (Phi) is 14.7. The van der Waals surface area contributed by atoms with Gasteiger partial charge < -0.3 is 85.0 Å². The van der Waals surface area contributed by atoms with E-state index in [-0.39, 0.29) is 51.4 Å². The molecule has 14 atom stereocenters. The van der Waals surface area contributed by atoms with Gasteiger partial charge in [0.2, 0.25) is 0 Å². The number of carbonyl (C=O) groups excluding carboxylic acids is 1. The number of hydrogen-bond acceptors (Lipinski definition) is 17. The Bertz CT molecular complexity index is 670. The molecule has 0 aromatic carbocycles. The zero-order valence-corrected chi connectivity index (χ0v) is 22.2. The van der Waals surface area contributed by atoms with Gasteiger partial charge >= 0.3 is 51.4 Å². The Balaban J connectivity index is 0.00000648. The number of carboxylic acid groups (broad SMARTS) is 1. The van der Waals surface area contributed by atoms with Gasteiger partial charge in [-0.3, -0.25) is 0 Å². The molecule has 18 heteroatoms. The summed E-state index contributed by atoms with van der Waals surface area (Å²) in [5, 5.41) is 120. The number of ether oxygens (including phenoxy) is 4. The molecule has 0 saturated carbocycles. The normalized spacial score (nSPS) is 40.5. The van der Waals surface area contributed by atoms with Crippen LogP contribution in [-0.4, -0.2) is 168 Å². The topological polar surface area (TPSA) is 300 Å². The Morgan fingerprint density at radius 3 is 1.53 bits per heavy atom. The van der Waals surface area contributed by atoms with Gasteiger partial charge in [0.05, 0.1) is 25.8 Å². The third-order valence-electron chi connectivity index (χ3n) is 5.72. The zero-order chi connectivity index (χ0) is 26.6. The molecule has 0 aromatic heterocycles.